The van der Waals surface area contributed by atoms with E-state index in [0.717, 1.165) is 27.4 Å². The molecule has 0 radical (unpaired) electrons. The third-order valence-electron chi connectivity index (χ3n) is 3.92. The van der Waals surface area contributed by atoms with E-state index in [1.54, 1.807) is 0 Å². The fraction of sp³-hybridized carbons (Fsp3) is 0.350. The Morgan fingerprint density at radius 2 is 1.74 bits per heavy atom. The predicted octanol–water partition coefficient (Wildman–Crippen LogP) is 2.34. The smallest absolute Gasteiger partial charge is 0.235 e. The van der Waals surface area contributed by atoms with Gasteiger partial charge in [-0.05, 0) is 31.5 Å². The molecule has 1 N–H and O–H groups in total. The molecule has 27 heavy (non-hydrogen) atoms. The molecule has 146 valence electrons. The molecular weight excluding hydrogens is 364 g/mol. The normalized spacial score (nSPS) is 12.6. The first-order valence-electron chi connectivity index (χ1n) is 8.72. The molecule has 0 bridgehead atoms. The van der Waals surface area contributed by atoms with Crippen LogP contribution in [0, 0.1) is 6.92 Å². The number of nitrogens with one attached hydrogen (secondary N) is 1. The Hall–Kier alpha value is -2.38. The molecular formula is C20H26N2O4S. The molecule has 0 aliphatic carbocycles. The Morgan fingerprint density at radius 1 is 1.11 bits per heavy atom. The number of amides is 1. The van der Waals surface area contributed by atoms with Crippen molar-refractivity contribution in [1.82, 2.24) is 9.62 Å². The Balaban J connectivity index is 1.87. The monoisotopic (exact) mass is 390 g/mol. The number of aryl methyl sites for hydroxylation is 1. The summed E-state index contributed by atoms with van der Waals surface area (Å²) in [6.45, 7) is 4.03. The van der Waals surface area contributed by atoms with Gasteiger partial charge in [0.05, 0.1) is 18.8 Å². The molecule has 0 heterocycles. The van der Waals surface area contributed by atoms with E-state index in [2.05, 4.69) is 5.32 Å². The van der Waals surface area contributed by atoms with Crippen LogP contribution >= 0.6 is 0 Å². The van der Waals surface area contributed by atoms with E-state index in [4.69, 9.17) is 4.74 Å². The van der Waals surface area contributed by atoms with Crippen molar-refractivity contribution in [3.8, 4) is 5.75 Å². The largest absolute Gasteiger partial charge is 0.491 e. The van der Waals surface area contributed by atoms with Crippen LogP contribution < -0.4 is 10.1 Å². The number of ether oxygens (including phenoxy) is 1. The molecule has 2 rings (SSSR count). The first-order chi connectivity index (χ1) is 12.7. The molecule has 0 aromatic heterocycles. The van der Waals surface area contributed by atoms with Gasteiger partial charge < -0.3 is 10.1 Å². The van der Waals surface area contributed by atoms with E-state index in [-0.39, 0.29) is 25.0 Å². The molecule has 0 spiro atoms. The molecule has 0 aliphatic heterocycles. The Kier molecular flexibility index (Phi) is 7.38. The topological polar surface area (TPSA) is 75.7 Å². The average molecular weight is 391 g/mol. The molecule has 0 saturated heterocycles. The van der Waals surface area contributed by atoms with Gasteiger partial charge >= 0.3 is 0 Å². The van der Waals surface area contributed by atoms with Crippen LogP contribution in [0.15, 0.2) is 54.6 Å². The van der Waals surface area contributed by atoms with Gasteiger partial charge in [0.2, 0.25) is 15.9 Å². The highest BCUT2D eigenvalue weighted by Crippen LogP contribution is 2.12. The van der Waals surface area contributed by atoms with Crippen LogP contribution in [0.1, 0.15) is 18.1 Å². The van der Waals surface area contributed by atoms with Crippen molar-refractivity contribution >= 4 is 15.9 Å². The lowest BCUT2D eigenvalue weighted by molar-refractivity contribution is -0.122. The second-order valence-corrected chi connectivity index (χ2v) is 8.59. The molecule has 2 aromatic carbocycles. The Morgan fingerprint density at radius 3 is 2.33 bits per heavy atom. The first kappa shape index (κ1) is 20.9. The zero-order valence-electron chi connectivity index (χ0n) is 15.9. The fourth-order valence-electron chi connectivity index (χ4n) is 2.46. The Labute approximate surface area is 161 Å². The summed E-state index contributed by atoms with van der Waals surface area (Å²) in [5.74, 6) is 0.361. The molecule has 0 aliphatic rings. The van der Waals surface area contributed by atoms with E-state index in [9.17, 15) is 13.2 Å². The molecule has 7 heteroatoms. The van der Waals surface area contributed by atoms with Crippen LogP contribution in [0.3, 0.4) is 0 Å². The maximum Gasteiger partial charge on any atom is 0.235 e. The first-order valence-corrected chi connectivity index (χ1v) is 10.6. The van der Waals surface area contributed by atoms with Gasteiger partial charge in [0.25, 0.3) is 0 Å². The van der Waals surface area contributed by atoms with Crippen molar-refractivity contribution in [2.45, 2.75) is 26.4 Å². The van der Waals surface area contributed by atoms with Crippen molar-refractivity contribution in [2.24, 2.45) is 0 Å². The summed E-state index contributed by atoms with van der Waals surface area (Å²) in [5.41, 5.74) is 1.97. The van der Waals surface area contributed by atoms with Crippen molar-refractivity contribution < 1.29 is 17.9 Å². The Bertz CT molecular complexity index is 836. The van der Waals surface area contributed by atoms with Gasteiger partial charge in [-0.15, -0.1) is 0 Å². The number of hydrogen-bond acceptors (Lipinski definition) is 4. The quantitative estimate of drug-likeness (QED) is 0.713. The number of hydrogen-bond donors (Lipinski definition) is 1. The van der Waals surface area contributed by atoms with Gasteiger partial charge in [0.1, 0.15) is 12.4 Å². The fourth-order valence-corrected chi connectivity index (χ4v) is 3.19. The highest BCUT2D eigenvalue weighted by atomic mass is 32.2. The number of rotatable bonds is 9. The molecule has 6 nitrogen and oxygen atoms in total. The van der Waals surface area contributed by atoms with Crippen molar-refractivity contribution in [1.29, 1.82) is 0 Å². The number of sulfonamides is 1. The number of carbonyl (C=O) groups excluding carboxylic acids is 1. The van der Waals surface area contributed by atoms with Gasteiger partial charge in [0, 0.05) is 6.54 Å². The van der Waals surface area contributed by atoms with Gasteiger partial charge in [-0.2, -0.15) is 4.31 Å². The zero-order valence-corrected chi connectivity index (χ0v) is 16.7. The molecule has 0 unspecified atom stereocenters. The molecule has 2 aromatic rings. The summed E-state index contributed by atoms with van der Waals surface area (Å²) in [6.07, 6.45) is 1.10. The standard InChI is InChI=1S/C20H26N2O4S/c1-16-9-11-19(12-10-16)26-15-17(2)21-20(23)14-22(27(3,24)25)13-18-7-5-4-6-8-18/h4-12,17H,13-15H2,1-3H3,(H,21,23)/t17-/m0/s1. The summed E-state index contributed by atoms with van der Waals surface area (Å²) in [5, 5.41) is 2.78. The number of benzene rings is 2. The zero-order chi connectivity index (χ0) is 19.9. The highest BCUT2D eigenvalue weighted by Gasteiger charge is 2.21. The summed E-state index contributed by atoms with van der Waals surface area (Å²) in [6, 6.07) is 16.6. The molecule has 0 fully saturated rings. The van der Waals surface area contributed by atoms with Crippen LogP contribution in [0.5, 0.6) is 5.75 Å². The van der Waals surface area contributed by atoms with Gasteiger partial charge in [-0.3, -0.25) is 4.79 Å². The number of nitrogens with zero attached hydrogens (tertiary/aromatic N) is 1. The van der Waals surface area contributed by atoms with Crippen molar-refractivity contribution in [2.75, 3.05) is 19.4 Å². The summed E-state index contributed by atoms with van der Waals surface area (Å²) < 4.78 is 30.8. The van der Waals surface area contributed by atoms with E-state index in [1.807, 2.05) is 68.4 Å². The lowest BCUT2D eigenvalue weighted by atomic mass is 10.2. The number of carbonyl (C=O) groups is 1. The minimum atomic E-state index is -3.51. The molecule has 1 atom stereocenters. The predicted molar refractivity (Wildman–Crippen MR) is 106 cm³/mol. The van der Waals surface area contributed by atoms with Crippen LogP contribution in [0.4, 0.5) is 0 Å². The van der Waals surface area contributed by atoms with Crippen molar-refractivity contribution in [3.63, 3.8) is 0 Å². The summed E-state index contributed by atoms with van der Waals surface area (Å²) in [7, 11) is -3.51. The van der Waals surface area contributed by atoms with E-state index in [0.29, 0.717) is 6.61 Å². The van der Waals surface area contributed by atoms with Crippen molar-refractivity contribution in [3.05, 3.63) is 65.7 Å². The van der Waals surface area contributed by atoms with Crippen LogP contribution in [-0.4, -0.2) is 44.1 Å². The van der Waals surface area contributed by atoms with Gasteiger partial charge in [-0.25, -0.2) is 8.42 Å². The minimum absolute atomic E-state index is 0.154. The second kappa shape index (κ2) is 9.53. The maximum atomic E-state index is 12.3. The highest BCUT2D eigenvalue weighted by molar-refractivity contribution is 7.88. The molecule has 1 amide bonds. The summed E-state index contributed by atoms with van der Waals surface area (Å²) in [4.78, 5) is 12.3. The minimum Gasteiger partial charge on any atom is -0.491 e. The third kappa shape index (κ3) is 7.40. The van der Waals surface area contributed by atoms with Crippen LogP contribution in [-0.2, 0) is 21.4 Å². The van der Waals surface area contributed by atoms with E-state index >= 15 is 0 Å². The van der Waals surface area contributed by atoms with Crippen LogP contribution in [0.25, 0.3) is 0 Å². The van der Waals surface area contributed by atoms with E-state index in [1.165, 1.54) is 0 Å². The average Bonchev–Trinajstić information content (AvgIpc) is 2.61. The van der Waals surface area contributed by atoms with Gasteiger partial charge in [-0.1, -0.05) is 48.0 Å². The third-order valence-corrected chi connectivity index (χ3v) is 5.12. The summed E-state index contributed by atoms with van der Waals surface area (Å²) >= 11 is 0. The van der Waals surface area contributed by atoms with E-state index < -0.39 is 10.0 Å². The lowest BCUT2D eigenvalue weighted by Gasteiger charge is -2.21. The van der Waals surface area contributed by atoms with Gasteiger partial charge in [0.15, 0.2) is 0 Å². The molecule has 0 saturated carbocycles. The SMILES string of the molecule is Cc1ccc(OC[C@H](C)NC(=O)CN(Cc2ccccc2)S(C)(=O)=O)cc1. The second-order valence-electron chi connectivity index (χ2n) is 6.61. The maximum absolute atomic E-state index is 12.3. The lowest BCUT2D eigenvalue weighted by Crippen LogP contribution is -2.44. The van der Waals surface area contributed by atoms with Crippen LogP contribution in [0.2, 0.25) is 0 Å².